The Balaban J connectivity index is 1.54. The number of nitrogens with zero attached hydrogens (tertiary/aromatic N) is 3. The van der Waals surface area contributed by atoms with Gasteiger partial charge in [-0.1, -0.05) is 18.7 Å². The fraction of sp³-hybridized carbons (Fsp3) is 0.500. The fourth-order valence-electron chi connectivity index (χ4n) is 3.65. The van der Waals surface area contributed by atoms with Gasteiger partial charge in [0.25, 0.3) is 0 Å². The molecule has 0 unspecified atom stereocenters. The van der Waals surface area contributed by atoms with E-state index in [0.29, 0.717) is 12.8 Å². The van der Waals surface area contributed by atoms with E-state index in [9.17, 15) is 4.79 Å². The van der Waals surface area contributed by atoms with Gasteiger partial charge in [0, 0.05) is 42.3 Å². The third-order valence-corrected chi connectivity index (χ3v) is 6.03. The molecular formula is C22H30N4OS. The van der Waals surface area contributed by atoms with E-state index in [-0.39, 0.29) is 5.91 Å². The molecule has 1 amide bonds. The maximum atomic E-state index is 12.4. The summed E-state index contributed by atoms with van der Waals surface area (Å²) in [5, 5.41) is 3.79. The van der Waals surface area contributed by atoms with Gasteiger partial charge in [0.1, 0.15) is 0 Å². The van der Waals surface area contributed by atoms with Crippen LogP contribution in [0.4, 0.5) is 11.4 Å². The molecule has 5 nitrogen and oxygen atoms in total. The number of nitrogens with one attached hydrogen (secondary N) is 1. The molecule has 0 aliphatic carbocycles. The highest BCUT2D eigenvalue weighted by atomic mass is 32.2. The van der Waals surface area contributed by atoms with Crippen LogP contribution < -0.4 is 10.2 Å². The van der Waals surface area contributed by atoms with Crippen molar-refractivity contribution >= 4 is 29.0 Å². The van der Waals surface area contributed by atoms with E-state index >= 15 is 0 Å². The smallest absolute Gasteiger partial charge is 0.224 e. The largest absolute Gasteiger partial charge is 0.372 e. The lowest BCUT2D eigenvalue weighted by molar-refractivity contribution is -0.116. The summed E-state index contributed by atoms with van der Waals surface area (Å²) in [5.74, 6) is 0.844. The van der Waals surface area contributed by atoms with Crippen LogP contribution in [0.3, 0.4) is 0 Å². The number of hydrogen-bond acceptors (Lipinski definition) is 5. The van der Waals surface area contributed by atoms with Gasteiger partial charge in [-0.3, -0.25) is 4.79 Å². The lowest BCUT2D eigenvalue weighted by Gasteiger charge is -2.32. The zero-order chi connectivity index (χ0) is 20.1. The number of piperidine rings is 1. The first-order valence-electron chi connectivity index (χ1n) is 9.99. The van der Waals surface area contributed by atoms with Crippen LogP contribution in [-0.4, -0.2) is 35.2 Å². The van der Waals surface area contributed by atoms with Crippen molar-refractivity contribution in [1.82, 2.24) is 9.97 Å². The zero-order valence-corrected chi connectivity index (χ0v) is 18.1. The molecule has 1 saturated heterocycles. The van der Waals surface area contributed by atoms with Crippen molar-refractivity contribution < 1.29 is 4.79 Å². The van der Waals surface area contributed by atoms with Crippen LogP contribution in [0.25, 0.3) is 0 Å². The normalized spacial score (nSPS) is 14.9. The second kappa shape index (κ2) is 9.41. The molecule has 1 N–H and O–H groups in total. The summed E-state index contributed by atoms with van der Waals surface area (Å²) >= 11 is 1.54. The second-order valence-electron chi connectivity index (χ2n) is 7.62. The first-order valence-corrected chi connectivity index (χ1v) is 11.2. The number of anilines is 2. The van der Waals surface area contributed by atoms with Crippen LogP contribution in [0.5, 0.6) is 0 Å². The van der Waals surface area contributed by atoms with Gasteiger partial charge >= 0.3 is 0 Å². The van der Waals surface area contributed by atoms with Crippen LogP contribution in [0.15, 0.2) is 29.4 Å². The molecule has 1 aliphatic heterocycles. The van der Waals surface area contributed by atoms with Crippen molar-refractivity contribution in [2.75, 3.05) is 29.6 Å². The van der Waals surface area contributed by atoms with E-state index in [2.05, 4.69) is 39.2 Å². The Hall–Kier alpha value is -2.08. The monoisotopic (exact) mass is 398 g/mol. The molecule has 0 radical (unpaired) electrons. The van der Waals surface area contributed by atoms with Gasteiger partial charge < -0.3 is 10.2 Å². The lowest BCUT2D eigenvalue weighted by Crippen LogP contribution is -2.32. The van der Waals surface area contributed by atoms with Crippen molar-refractivity contribution in [1.29, 1.82) is 0 Å². The van der Waals surface area contributed by atoms with Crippen molar-refractivity contribution in [3.63, 3.8) is 0 Å². The van der Waals surface area contributed by atoms with E-state index in [4.69, 9.17) is 0 Å². The Morgan fingerprint density at radius 2 is 1.75 bits per heavy atom. The van der Waals surface area contributed by atoms with Gasteiger partial charge in [-0.2, -0.15) is 0 Å². The molecule has 1 aromatic carbocycles. The maximum absolute atomic E-state index is 12.4. The van der Waals surface area contributed by atoms with E-state index in [1.165, 1.54) is 30.3 Å². The molecule has 2 heterocycles. The van der Waals surface area contributed by atoms with Crippen molar-refractivity contribution in [3.05, 3.63) is 41.2 Å². The van der Waals surface area contributed by atoms with Gasteiger partial charge in [0.15, 0.2) is 5.16 Å². The number of benzene rings is 1. The zero-order valence-electron chi connectivity index (χ0n) is 17.3. The Labute approximate surface area is 172 Å². The van der Waals surface area contributed by atoms with Crippen LogP contribution in [0, 0.1) is 19.8 Å². The molecule has 0 saturated carbocycles. The summed E-state index contributed by atoms with van der Waals surface area (Å²) in [7, 11) is 0. The standard InChI is InChI=1S/C22H30N4OS/c1-15-11-13-26(14-12-15)19-7-5-18(6-8-19)25-21(27)10-9-20-16(2)23-22(28-4)24-17(20)3/h5-8,15H,9-14H2,1-4H3,(H,25,27). The average Bonchev–Trinajstić information content (AvgIpc) is 2.68. The van der Waals surface area contributed by atoms with E-state index in [1.54, 1.807) is 0 Å². The third kappa shape index (κ3) is 5.25. The predicted octanol–water partition coefficient (Wildman–Crippen LogP) is 4.62. The Morgan fingerprint density at radius 3 is 2.32 bits per heavy atom. The molecule has 3 rings (SSSR count). The summed E-state index contributed by atoms with van der Waals surface area (Å²) in [6.07, 6.45) is 5.55. The van der Waals surface area contributed by atoms with Gasteiger partial charge in [0.05, 0.1) is 0 Å². The maximum Gasteiger partial charge on any atom is 0.224 e. The number of thioether (sulfide) groups is 1. The minimum Gasteiger partial charge on any atom is -0.372 e. The Kier molecular flexibility index (Phi) is 6.94. The molecular weight excluding hydrogens is 368 g/mol. The van der Waals surface area contributed by atoms with Gasteiger partial charge in [-0.05, 0) is 75.1 Å². The number of amides is 1. The van der Waals surface area contributed by atoms with Crippen molar-refractivity contribution in [3.8, 4) is 0 Å². The van der Waals surface area contributed by atoms with Crippen LogP contribution in [0.1, 0.15) is 43.1 Å². The van der Waals surface area contributed by atoms with Crippen molar-refractivity contribution in [2.45, 2.75) is 51.6 Å². The molecule has 6 heteroatoms. The minimum absolute atomic E-state index is 0.0206. The molecule has 0 spiro atoms. The molecule has 1 aromatic heterocycles. The second-order valence-corrected chi connectivity index (χ2v) is 8.40. The molecule has 150 valence electrons. The highest BCUT2D eigenvalue weighted by Crippen LogP contribution is 2.24. The summed E-state index contributed by atoms with van der Waals surface area (Å²) in [6.45, 7) is 8.53. The van der Waals surface area contributed by atoms with Crippen molar-refractivity contribution in [2.24, 2.45) is 5.92 Å². The van der Waals surface area contributed by atoms with Crippen LogP contribution in [-0.2, 0) is 11.2 Å². The first kappa shape index (κ1) is 20.6. The molecule has 1 fully saturated rings. The molecule has 0 bridgehead atoms. The highest BCUT2D eigenvalue weighted by Gasteiger charge is 2.16. The van der Waals surface area contributed by atoms with Gasteiger partial charge in [0.2, 0.25) is 5.91 Å². The van der Waals surface area contributed by atoms with Crippen LogP contribution >= 0.6 is 11.8 Å². The number of rotatable bonds is 6. The highest BCUT2D eigenvalue weighted by molar-refractivity contribution is 7.98. The Bertz CT molecular complexity index is 791. The summed E-state index contributed by atoms with van der Waals surface area (Å²) < 4.78 is 0. The molecule has 0 atom stereocenters. The van der Waals surface area contributed by atoms with Crippen LogP contribution in [0.2, 0.25) is 0 Å². The number of carbonyl (C=O) groups is 1. The number of aryl methyl sites for hydroxylation is 2. The lowest BCUT2D eigenvalue weighted by atomic mass is 9.99. The first-order chi connectivity index (χ1) is 13.5. The quantitative estimate of drug-likeness (QED) is 0.568. The van der Waals surface area contributed by atoms with E-state index in [1.807, 2.05) is 32.2 Å². The average molecular weight is 399 g/mol. The molecule has 2 aromatic rings. The van der Waals surface area contributed by atoms with E-state index in [0.717, 1.165) is 46.8 Å². The van der Waals surface area contributed by atoms with E-state index < -0.39 is 0 Å². The Morgan fingerprint density at radius 1 is 1.14 bits per heavy atom. The van der Waals surface area contributed by atoms with Gasteiger partial charge in [-0.15, -0.1) is 0 Å². The number of hydrogen-bond donors (Lipinski definition) is 1. The topological polar surface area (TPSA) is 58.1 Å². The van der Waals surface area contributed by atoms with Gasteiger partial charge in [-0.25, -0.2) is 9.97 Å². The summed E-state index contributed by atoms with van der Waals surface area (Å²) in [5.41, 5.74) is 5.08. The predicted molar refractivity (Wildman–Crippen MR) is 117 cm³/mol. The fourth-order valence-corrected chi connectivity index (χ4v) is 4.10. The molecule has 1 aliphatic rings. The minimum atomic E-state index is 0.0206. The summed E-state index contributed by atoms with van der Waals surface area (Å²) in [4.78, 5) is 23.8. The summed E-state index contributed by atoms with van der Waals surface area (Å²) in [6, 6.07) is 8.21. The molecule has 28 heavy (non-hydrogen) atoms. The SMILES string of the molecule is CSc1nc(C)c(CCC(=O)Nc2ccc(N3CCC(C)CC3)cc2)c(C)n1. The third-order valence-electron chi connectivity index (χ3n) is 5.48. The number of aromatic nitrogens is 2. The number of carbonyl (C=O) groups excluding carboxylic acids is 1.